The molecular formula is C21H21ClN2O3. The fraction of sp³-hybridized carbons (Fsp3) is 0.238. The van der Waals surface area contributed by atoms with Gasteiger partial charge < -0.3 is 14.6 Å². The summed E-state index contributed by atoms with van der Waals surface area (Å²) < 4.78 is 5.52. The predicted octanol–water partition coefficient (Wildman–Crippen LogP) is 4.13. The van der Waals surface area contributed by atoms with Gasteiger partial charge in [0.2, 0.25) is 5.91 Å². The molecule has 0 fully saturated rings. The SMILES string of the molecule is CCOc1ccc2[nH]c(=O)c(CN(Cc3ccc(Cl)cc3)C(C)=O)cc2c1. The quantitative estimate of drug-likeness (QED) is 0.695. The molecule has 0 aliphatic heterocycles. The van der Waals surface area contributed by atoms with Crippen molar-refractivity contribution in [3.05, 3.63) is 75.0 Å². The number of nitrogens with one attached hydrogen (secondary N) is 1. The summed E-state index contributed by atoms with van der Waals surface area (Å²) in [5.74, 6) is 0.639. The van der Waals surface area contributed by atoms with E-state index in [9.17, 15) is 9.59 Å². The molecule has 0 bridgehead atoms. The fourth-order valence-electron chi connectivity index (χ4n) is 2.90. The van der Waals surface area contributed by atoms with Crippen LogP contribution in [0.1, 0.15) is 25.0 Å². The number of amides is 1. The Kier molecular flexibility index (Phi) is 5.81. The molecule has 2 aromatic carbocycles. The first-order chi connectivity index (χ1) is 13.0. The lowest BCUT2D eigenvalue weighted by Crippen LogP contribution is -2.30. The number of carbonyl (C=O) groups is 1. The van der Waals surface area contributed by atoms with E-state index in [4.69, 9.17) is 16.3 Å². The molecule has 1 amide bonds. The molecule has 1 N–H and O–H groups in total. The van der Waals surface area contributed by atoms with Gasteiger partial charge in [-0.15, -0.1) is 0 Å². The highest BCUT2D eigenvalue weighted by Crippen LogP contribution is 2.20. The lowest BCUT2D eigenvalue weighted by molar-refractivity contribution is -0.130. The van der Waals surface area contributed by atoms with Crippen LogP contribution in [0.4, 0.5) is 0 Å². The molecule has 140 valence electrons. The number of nitrogens with zero attached hydrogens (tertiary/aromatic N) is 1. The first-order valence-electron chi connectivity index (χ1n) is 8.75. The lowest BCUT2D eigenvalue weighted by atomic mass is 10.1. The number of pyridine rings is 1. The monoisotopic (exact) mass is 384 g/mol. The zero-order valence-electron chi connectivity index (χ0n) is 15.3. The van der Waals surface area contributed by atoms with E-state index in [0.29, 0.717) is 23.7 Å². The van der Waals surface area contributed by atoms with Crippen LogP contribution in [0.5, 0.6) is 5.75 Å². The average molecular weight is 385 g/mol. The first-order valence-corrected chi connectivity index (χ1v) is 9.13. The molecule has 0 saturated heterocycles. The maximum Gasteiger partial charge on any atom is 0.253 e. The third-order valence-electron chi connectivity index (χ3n) is 4.30. The predicted molar refractivity (Wildman–Crippen MR) is 107 cm³/mol. The summed E-state index contributed by atoms with van der Waals surface area (Å²) in [5.41, 5.74) is 2.01. The molecule has 0 radical (unpaired) electrons. The molecule has 3 rings (SSSR count). The van der Waals surface area contributed by atoms with E-state index in [0.717, 1.165) is 22.2 Å². The van der Waals surface area contributed by atoms with Crippen molar-refractivity contribution in [1.82, 2.24) is 9.88 Å². The van der Waals surface area contributed by atoms with Crippen molar-refractivity contribution in [1.29, 1.82) is 0 Å². The van der Waals surface area contributed by atoms with Crippen LogP contribution in [0.15, 0.2) is 53.3 Å². The molecule has 27 heavy (non-hydrogen) atoms. The molecule has 0 atom stereocenters. The molecule has 0 spiro atoms. The van der Waals surface area contributed by atoms with Crippen LogP contribution in [-0.4, -0.2) is 22.4 Å². The number of hydrogen-bond acceptors (Lipinski definition) is 3. The number of halogens is 1. The molecule has 0 unspecified atom stereocenters. The number of rotatable bonds is 6. The second-order valence-corrected chi connectivity index (χ2v) is 6.74. The third kappa shape index (κ3) is 4.68. The molecule has 0 saturated carbocycles. The van der Waals surface area contributed by atoms with Crippen LogP contribution < -0.4 is 10.3 Å². The van der Waals surface area contributed by atoms with E-state index in [-0.39, 0.29) is 18.0 Å². The molecule has 3 aromatic rings. The second kappa shape index (κ2) is 8.27. The summed E-state index contributed by atoms with van der Waals surface area (Å²) in [6, 6.07) is 14.7. The van der Waals surface area contributed by atoms with E-state index in [1.165, 1.54) is 6.92 Å². The van der Waals surface area contributed by atoms with Crippen molar-refractivity contribution in [3.63, 3.8) is 0 Å². The van der Waals surface area contributed by atoms with Crippen LogP contribution in [0.3, 0.4) is 0 Å². The third-order valence-corrected chi connectivity index (χ3v) is 4.55. The van der Waals surface area contributed by atoms with Gasteiger partial charge in [-0.3, -0.25) is 9.59 Å². The molecule has 0 aliphatic carbocycles. The number of H-pyrrole nitrogens is 1. The normalized spacial score (nSPS) is 10.8. The van der Waals surface area contributed by atoms with E-state index >= 15 is 0 Å². The van der Waals surface area contributed by atoms with Gasteiger partial charge >= 0.3 is 0 Å². The van der Waals surface area contributed by atoms with Crippen molar-refractivity contribution in [2.24, 2.45) is 0 Å². The van der Waals surface area contributed by atoms with Gasteiger partial charge in [0.05, 0.1) is 13.2 Å². The lowest BCUT2D eigenvalue weighted by Gasteiger charge is -2.21. The first kappa shape index (κ1) is 19.0. The number of aromatic nitrogens is 1. The van der Waals surface area contributed by atoms with Gasteiger partial charge in [-0.2, -0.15) is 0 Å². The Hall–Kier alpha value is -2.79. The topological polar surface area (TPSA) is 62.4 Å². The molecule has 5 nitrogen and oxygen atoms in total. The molecule has 0 aliphatic rings. The minimum absolute atomic E-state index is 0.104. The number of benzene rings is 2. The second-order valence-electron chi connectivity index (χ2n) is 6.31. The Bertz CT molecular complexity index is 1010. The zero-order valence-corrected chi connectivity index (χ0v) is 16.0. The van der Waals surface area contributed by atoms with Crippen LogP contribution in [0, 0.1) is 0 Å². The van der Waals surface area contributed by atoms with Gasteiger partial charge in [-0.05, 0) is 48.9 Å². The van der Waals surface area contributed by atoms with Crippen LogP contribution >= 0.6 is 11.6 Å². The summed E-state index contributed by atoms with van der Waals surface area (Å²) in [4.78, 5) is 29.1. The van der Waals surface area contributed by atoms with Gasteiger partial charge in [0.15, 0.2) is 0 Å². The number of fused-ring (bicyclic) bond motifs is 1. The minimum atomic E-state index is -0.200. The van der Waals surface area contributed by atoms with Crippen molar-refractivity contribution in [2.75, 3.05) is 6.61 Å². The Balaban J connectivity index is 1.89. The Labute approximate surface area is 162 Å². The van der Waals surface area contributed by atoms with Crippen LogP contribution in [0.2, 0.25) is 5.02 Å². The zero-order chi connectivity index (χ0) is 19.4. The maximum atomic E-state index is 12.5. The van der Waals surface area contributed by atoms with E-state index < -0.39 is 0 Å². The number of ether oxygens (including phenoxy) is 1. The van der Waals surface area contributed by atoms with E-state index in [1.807, 2.05) is 43.3 Å². The van der Waals surface area contributed by atoms with Gasteiger partial charge in [-0.1, -0.05) is 23.7 Å². The van der Waals surface area contributed by atoms with Gasteiger partial charge in [0.25, 0.3) is 5.56 Å². The maximum absolute atomic E-state index is 12.5. The van der Waals surface area contributed by atoms with Crippen LogP contribution in [0.25, 0.3) is 10.9 Å². The van der Waals surface area contributed by atoms with Crippen molar-refractivity contribution in [2.45, 2.75) is 26.9 Å². The van der Waals surface area contributed by atoms with Crippen LogP contribution in [-0.2, 0) is 17.9 Å². The molecule has 1 aromatic heterocycles. The van der Waals surface area contributed by atoms with Gasteiger partial charge in [-0.25, -0.2) is 0 Å². The molecular weight excluding hydrogens is 364 g/mol. The minimum Gasteiger partial charge on any atom is -0.494 e. The summed E-state index contributed by atoms with van der Waals surface area (Å²) >= 11 is 5.92. The summed E-state index contributed by atoms with van der Waals surface area (Å²) in [6.07, 6.45) is 0. The Morgan fingerprint density at radius 2 is 1.85 bits per heavy atom. The highest BCUT2D eigenvalue weighted by molar-refractivity contribution is 6.30. The Morgan fingerprint density at radius 3 is 2.52 bits per heavy atom. The summed E-state index contributed by atoms with van der Waals surface area (Å²) in [5, 5.41) is 1.51. The standard InChI is InChI=1S/C21H21ClN2O3/c1-3-27-19-8-9-20-16(11-19)10-17(21(26)23-20)13-24(14(2)25)12-15-4-6-18(22)7-5-15/h4-11H,3,12-13H2,1-2H3,(H,23,26). The van der Waals surface area contributed by atoms with Gasteiger partial charge in [0, 0.05) is 35.0 Å². The number of aromatic amines is 1. The van der Waals surface area contributed by atoms with Crippen molar-refractivity contribution in [3.8, 4) is 5.75 Å². The molecule has 6 heteroatoms. The largest absolute Gasteiger partial charge is 0.494 e. The highest BCUT2D eigenvalue weighted by Gasteiger charge is 2.13. The Morgan fingerprint density at radius 1 is 1.11 bits per heavy atom. The summed E-state index contributed by atoms with van der Waals surface area (Å²) in [7, 11) is 0. The van der Waals surface area contributed by atoms with E-state index in [2.05, 4.69) is 4.98 Å². The van der Waals surface area contributed by atoms with E-state index in [1.54, 1.807) is 17.0 Å². The molecule has 1 heterocycles. The average Bonchev–Trinajstić information content (AvgIpc) is 2.64. The van der Waals surface area contributed by atoms with Crippen molar-refractivity contribution < 1.29 is 9.53 Å². The number of carbonyl (C=O) groups excluding carboxylic acids is 1. The summed E-state index contributed by atoms with van der Waals surface area (Å²) in [6.45, 7) is 4.62. The fourth-order valence-corrected chi connectivity index (χ4v) is 3.02. The van der Waals surface area contributed by atoms with Gasteiger partial charge in [0.1, 0.15) is 5.75 Å². The smallest absolute Gasteiger partial charge is 0.253 e. The highest BCUT2D eigenvalue weighted by atomic mass is 35.5. The van der Waals surface area contributed by atoms with Crippen molar-refractivity contribution >= 4 is 28.4 Å². The number of hydrogen-bond donors (Lipinski definition) is 1.